The van der Waals surface area contributed by atoms with Crippen LogP contribution in [0.5, 0.6) is 0 Å². The SMILES string of the molecule is CC(C)C(OC(=O)C1=C(CSc2nnnn2CCN(C)C)CS[C@H]2[C@H](N)C(=O)N12)OC(=O)C1CCCCC1.Cl.Cl. The third-order valence-corrected chi connectivity index (χ3v) is 9.26. The standard InChI is InChI=1S/C24H37N7O5S2.2ClH/c1-14(2)23(35-21(33)15-8-6-5-7-9-15)36-22(34)18-16(12-37-20-17(25)19(32)31(18)20)13-38-24-26-27-28-30(24)11-10-29(3)4;;/h14-15,17,20,23H,5-13,25H2,1-4H3;2*1H/t17-,20+,23?;;/m1../s1. The zero-order valence-electron chi connectivity index (χ0n) is 23.2. The number of ether oxygens (including phenoxy) is 2. The molecule has 3 atom stereocenters. The molecule has 1 saturated carbocycles. The van der Waals surface area contributed by atoms with E-state index >= 15 is 0 Å². The number of nitrogens with two attached hydrogens (primary N) is 1. The van der Waals surface area contributed by atoms with Crippen LogP contribution in [-0.2, 0) is 30.4 Å². The van der Waals surface area contributed by atoms with Gasteiger partial charge in [-0.05, 0) is 42.9 Å². The molecule has 16 heteroatoms. The van der Waals surface area contributed by atoms with Gasteiger partial charge in [0.2, 0.25) is 17.4 Å². The van der Waals surface area contributed by atoms with Crippen molar-refractivity contribution in [2.45, 2.75) is 75.4 Å². The molecular formula is C24H39Cl2N7O5S2. The Morgan fingerprint density at radius 1 is 1.18 bits per heavy atom. The Hall–Kier alpha value is -1.58. The molecule has 1 unspecified atom stereocenters. The van der Waals surface area contributed by atoms with Crippen LogP contribution in [0.15, 0.2) is 16.4 Å². The van der Waals surface area contributed by atoms with Gasteiger partial charge in [-0.1, -0.05) is 44.9 Å². The summed E-state index contributed by atoms with van der Waals surface area (Å²) in [5.41, 5.74) is 6.92. The van der Waals surface area contributed by atoms with Gasteiger partial charge in [0.15, 0.2) is 0 Å². The van der Waals surface area contributed by atoms with Gasteiger partial charge >= 0.3 is 11.9 Å². The Morgan fingerprint density at radius 3 is 2.52 bits per heavy atom. The summed E-state index contributed by atoms with van der Waals surface area (Å²) in [4.78, 5) is 42.5. The molecule has 4 rings (SSSR count). The minimum atomic E-state index is -1.05. The van der Waals surface area contributed by atoms with Gasteiger partial charge in [0, 0.05) is 24.0 Å². The summed E-state index contributed by atoms with van der Waals surface area (Å²) < 4.78 is 13.2. The van der Waals surface area contributed by atoms with E-state index in [0.29, 0.717) is 23.2 Å². The fraction of sp³-hybridized carbons (Fsp3) is 0.750. The Balaban J connectivity index is 0.00000280. The number of rotatable bonds is 11. The quantitative estimate of drug-likeness (QED) is 0.164. The Bertz CT molecular complexity index is 1070. The van der Waals surface area contributed by atoms with Crippen molar-refractivity contribution >= 4 is 66.2 Å². The van der Waals surface area contributed by atoms with Crippen molar-refractivity contribution in [2.75, 3.05) is 32.1 Å². The Morgan fingerprint density at radius 2 is 1.88 bits per heavy atom. The number of carbonyl (C=O) groups is 3. The predicted octanol–water partition coefficient (Wildman–Crippen LogP) is 2.32. The number of hydrogen-bond donors (Lipinski definition) is 1. The fourth-order valence-electron chi connectivity index (χ4n) is 4.57. The molecule has 3 heterocycles. The van der Waals surface area contributed by atoms with Gasteiger partial charge < -0.3 is 20.1 Å². The summed E-state index contributed by atoms with van der Waals surface area (Å²) in [6.07, 6.45) is 3.64. The molecular weight excluding hydrogens is 601 g/mol. The van der Waals surface area contributed by atoms with Crippen molar-refractivity contribution in [1.29, 1.82) is 0 Å². The second-order valence-corrected chi connectivity index (χ2v) is 12.5. The van der Waals surface area contributed by atoms with E-state index in [0.717, 1.165) is 44.2 Å². The van der Waals surface area contributed by atoms with Crippen LogP contribution in [0.25, 0.3) is 0 Å². The van der Waals surface area contributed by atoms with Crippen molar-refractivity contribution in [2.24, 2.45) is 17.6 Å². The average molecular weight is 641 g/mol. The first-order valence-electron chi connectivity index (χ1n) is 13.0. The zero-order chi connectivity index (χ0) is 27.4. The number of halogens is 2. The van der Waals surface area contributed by atoms with Gasteiger partial charge in [-0.25, -0.2) is 9.48 Å². The molecule has 1 aliphatic carbocycles. The molecule has 12 nitrogen and oxygen atoms in total. The molecule has 1 amide bonds. The Labute approximate surface area is 255 Å². The highest BCUT2D eigenvalue weighted by molar-refractivity contribution is 8.01. The number of likely N-dealkylation sites (N-methyl/N-ethyl adjacent to an activating group) is 1. The lowest BCUT2D eigenvalue weighted by molar-refractivity contribution is -0.198. The molecule has 226 valence electrons. The van der Waals surface area contributed by atoms with Crippen molar-refractivity contribution in [3.63, 3.8) is 0 Å². The highest BCUT2D eigenvalue weighted by Crippen LogP contribution is 2.41. The van der Waals surface area contributed by atoms with Crippen molar-refractivity contribution < 1.29 is 23.9 Å². The van der Waals surface area contributed by atoms with Gasteiger partial charge in [0.1, 0.15) is 17.1 Å². The van der Waals surface area contributed by atoms with E-state index in [2.05, 4.69) is 15.5 Å². The Kier molecular flexibility index (Phi) is 13.5. The first-order chi connectivity index (χ1) is 18.2. The van der Waals surface area contributed by atoms with Crippen LogP contribution in [0.2, 0.25) is 0 Å². The van der Waals surface area contributed by atoms with Crippen LogP contribution < -0.4 is 5.73 Å². The lowest BCUT2D eigenvalue weighted by Crippen LogP contribution is -2.68. The third kappa shape index (κ3) is 8.03. The van der Waals surface area contributed by atoms with Crippen LogP contribution >= 0.6 is 48.3 Å². The van der Waals surface area contributed by atoms with Crippen LogP contribution in [0.3, 0.4) is 0 Å². The van der Waals surface area contributed by atoms with Crippen LogP contribution in [-0.4, -0.2) is 97.7 Å². The number of carbonyl (C=O) groups excluding carboxylic acids is 3. The zero-order valence-corrected chi connectivity index (χ0v) is 26.5. The van der Waals surface area contributed by atoms with Crippen molar-refractivity contribution in [3.05, 3.63) is 11.3 Å². The number of thioether (sulfide) groups is 2. The summed E-state index contributed by atoms with van der Waals surface area (Å²) in [6, 6.07) is -0.666. The monoisotopic (exact) mass is 639 g/mol. The van der Waals surface area contributed by atoms with Gasteiger partial charge in [0.25, 0.3) is 0 Å². The average Bonchev–Trinajstić information content (AvgIpc) is 3.36. The number of β-lactam (4-membered cyclic amide) rings is 1. The van der Waals surface area contributed by atoms with E-state index in [1.54, 1.807) is 4.68 Å². The van der Waals surface area contributed by atoms with E-state index in [-0.39, 0.29) is 59.6 Å². The molecule has 2 aliphatic heterocycles. The summed E-state index contributed by atoms with van der Waals surface area (Å²) in [6.45, 7) is 5.05. The lowest BCUT2D eigenvalue weighted by atomic mass is 9.89. The van der Waals surface area contributed by atoms with Crippen LogP contribution in [0, 0.1) is 11.8 Å². The number of esters is 2. The number of amides is 1. The largest absolute Gasteiger partial charge is 0.425 e. The molecule has 0 aromatic carbocycles. The number of fused-ring (bicyclic) bond motifs is 1. The lowest BCUT2D eigenvalue weighted by Gasteiger charge is -2.48. The van der Waals surface area contributed by atoms with Gasteiger partial charge in [-0.2, -0.15) is 0 Å². The predicted molar refractivity (Wildman–Crippen MR) is 157 cm³/mol. The molecule has 2 N–H and O–H groups in total. The smallest absolute Gasteiger partial charge is 0.358 e. The minimum Gasteiger partial charge on any atom is -0.425 e. The number of tetrazole rings is 1. The summed E-state index contributed by atoms with van der Waals surface area (Å²) in [5, 5.41) is 12.2. The fourth-order valence-corrected chi connectivity index (χ4v) is 6.91. The maximum absolute atomic E-state index is 13.6. The second-order valence-electron chi connectivity index (χ2n) is 10.5. The molecule has 1 aromatic heterocycles. The molecule has 0 radical (unpaired) electrons. The van der Waals surface area contributed by atoms with Crippen molar-refractivity contribution in [3.8, 4) is 0 Å². The van der Waals surface area contributed by atoms with E-state index in [1.165, 1.54) is 28.4 Å². The first-order valence-corrected chi connectivity index (χ1v) is 15.1. The summed E-state index contributed by atoms with van der Waals surface area (Å²) >= 11 is 2.91. The molecule has 2 fully saturated rings. The van der Waals surface area contributed by atoms with E-state index < -0.39 is 18.3 Å². The topological polar surface area (TPSA) is 146 Å². The van der Waals surface area contributed by atoms with Gasteiger partial charge in [0.05, 0.1) is 12.5 Å². The minimum absolute atomic E-state index is 0. The maximum Gasteiger partial charge on any atom is 0.358 e. The molecule has 1 saturated heterocycles. The molecule has 3 aliphatic rings. The number of nitrogens with zero attached hydrogens (tertiary/aromatic N) is 6. The molecule has 0 spiro atoms. The summed E-state index contributed by atoms with van der Waals surface area (Å²) in [5.74, 6) is -0.869. The van der Waals surface area contributed by atoms with E-state index in [4.69, 9.17) is 15.2 Å². The van der Waals surface area contributed by atoms with Gasteiger partial charge in [-0.3, -0.25) is 14.5 Å². The second kappa shape index (κ2) is 15.6. The van der Waals surface area contributed by atoms with E-state index in [9.17, 15) is 14.4 Å². The number of aromatic nitrogens is 4. The van der Waals surface area contributed by atoms with Crippen LogP contribution in [0.1, 0.15) is 46.0 Å². The highest BCUT2D eigenvalue weighted by atomic mass is 35.5. The first kappa shape index (κ1) is 34.6. The van der Waals surface area contributed by atoms with Crippen LogP contribution in [0.4, 0.5) is 0 Å². The molecule has 1 aromatic rings. The van der Waals surface area contributed by atoms with Crippen molar-refractivity contribution in [1.82, 2.24) is 30.0 Å². The van der Waals surface area contributed by atoms with E-state index in [1.807, 2.05) is 32.8 Å². The van der Waals surface area contributed by atoms with Gasteiger partial charge in [-0.15, -0.1) is 41.7 Å². The highest BCUT2D eigenvalue weighted by Gasteiger charge is 2.52. The normalized spacial score (nSPS) is 21.8. The molecule has 0 bridgehead atoms. The molecule has 40 heavy (non-hydrogen) atoms. The maximum atomic E-state index is 13.6. The number of hydrogen-bond acceptors (Lipinski definition) is 12. The summed E-state index contributed by atoms with van der Waals surface area (Å²) in [7, 11) is 3.95. The third-order valence-electron chi connectivity index (χ3n) is 6.85.